The maximum atomic E-state index is 11.7. The zero-order valence-corrected chi connectivity index (χ0v) is 13.9. The topological polar surface area (TPSA) is 50.7 Å². The molecule has 2 rings (SSSR count). The van der Waals surface area contributed by atoms with Gasteiger partial charge < -0.3 is 4.74 Å². The number of hydrogen-bond acceptors (Lipinski definition) is 3. The molecule has 0 saturated heterocycles. The highest BCUT2D eigenvalue weighted by molar-refractivity contribution is 6.30. The number of nitrogens with zero attached hydrogens (tertiary/aromatic N) is 1. The number of benzene rings is 2. The van der Waals surface area contributed by atoms with Crippen molar-refractivity contribution in [1.82, 2.24) is 5.43 Å². The fourth-order valence-electron chi connectivity index (χ4n) is 1.90. The molecule has 0 aliphatic carbocycles. The van der Waals surface area contributed by atoms with E-state index in [4.69, 9.17) is 16.3 Å². The first kappa shape index (κ1) is 17.0. The highest BCUT2D eigenvalue weighted by atomic mass is 35.5. The number of carbonyl (C=O) groups excluding carboxylic acids is 1. The number of hydrogen-bond donors (Lipinski definition) is 1. The van der Waals surface area contributed by atoms with Crippen LogP contribution in [0, 0.1) is 0 Å². The molecule has 1 N–H and O–H groups in total. The summed E-state index contributed by atoms with van der Waals surface area (Å²) >= 11 is 5.87. The van der Waals surface area contributed by atoms with Gasteiger partial charge in [-0.15, -0.1) is 0 Å². The smallest absolute Gasteiger partial charge is 0.277 e. The van der Waals surface area contributed by atoms with Crippen molar-refractivity contribution in [2.24, 2.45) is 5.10 Å². The first-order chi connectivity index (χ1) is 11.0. The Bertz CT molecular complexity index is 682. The fourth-order valence-corrected chi connectivity index (χ4v) is 2.09. The number of rotatable bonds is 6. The zero-order chi connectivity index (χ0) is 16.7. The van der Waals surface area contributed by atoms with E-state index in [0.29, 0.717) is 16.7 Å². The van der Waals surface area contributed by atoms with Crippen molar-refractivity contribution < 1.29 is 9.53 Å². The molecule has 0 heterocycles. The molecular weight excluding hydrogens is 312 g/mol. The van der Waals surface area contributed by atoms with Crippen LogP contribution in [0.1, 0.15) is 30.9 Å². The van der Waals surface area contributed by atoms with Crippen LogP contribution in [0.25, 0.3) is 0 Å². The van der Waals surface area contributed by atoms with Crippen molar-refractivity contribution in [3.05, 3.63) is 64.7 Å². The average molecular weight is 331 g/mol. The SMILES string of the molecule is CC(C)c1ccc(OCC(=O)N/N=C/c2cccc(Cl)c2)cc1. The summed E-state index contributed by atoms with van der Waals surface area (Å²) in [5.74, 6) is 0.799. The van der Waals surface area contributed by atoms with Gasteiger partial charge in [-0.1, -0.05) is 49.7 Å². The van der Waals surface area contributed by atoms with Crippen LogP contribution >= 0.6 is 11.6 Å². The Morgan fingerprint density at radius 1 is 1.26 bits per heavy atom. The van der Waals surface area contributed by atoms with Crippen molar-refractivity contribution in [1.29, 1.82) is 0 Å². The molecule has 0 spiro atoms. The molecule has 23 heavy (non-hydrogen) atoms. The lowest BCUT2D eigenvalue weighted by molar-refractivity contribution is -0.123. The van der Waals surface area contributed by atoms with Gasteiger partial charge in [-0.25, -0.2) is 5.43 Å². The summed E-state index contributed by atoms with van der Waals surface area (Å²) in [7, 11) is 0. The number of carbonyl (C=O) groups is 1. The summed E-state index contributed by atoms with van der Waals surface area (Å²) in [6, 6.07) is 14.9. The van der Waals surface area contributed by atoms with Crippen molar-refractivity contribution >= 4 is 23.7 Å². The molecule has 0 fully saturated rings. The average Bonchev–Trinajstić information content (AvgIpc) is 2.53. The molecule has 0 atom stereocenters. The zero-order valence-electron chi connectivity index (χ0n) is 13.1. The maximum absolute atomic E-state index is 11.7. The number of hydrazone groups is 1. The van der Waals surface area contributed by atoms with Crippen LogP contribution in [-0.2, 0) is 4.79 Å². The highest BCUT2D eigenvalue weighted by Gasteiger charge is 2.03. The van der Waals surface area contributed by atoms with Gasteiger partial charge in [0.1, 0.15) is 5.75 Å². The van der Waals surface area contributed by atoms with Crippen molar-refractivity contribution in [3.8, 4) is 5.75 Å². The largest absolute Gasteiger partial charge is 0.484 e. The van der Waals surface area contributed by atoms with Crippen molar-refractivity contribution in [2.75, 3.05) is 6.61 Å². The van der Waals surface area contributed by atoms with E-state index in [2.05, 4.69) is 24.4 Å². The van der Waals surface area contributed by atoms with E-state index in [1.54, 1.807) is 12.1 Å². The van der Waals surface area contributed by atoms with E-state index in [9.17, 15) is 4.79 Å². The second kappa shape index (κ2) is 8.34. The van der Waals surface area contributed by atoms with Crippen LogP contribution in [-0.4, -0.2) is 18.7 Å². The van der Waals surface area contributed by atoms with Crippen LogP contribution in [0.3, 0.4) is 0 Å². The molecule has 4 nitrogen and oxygen atoms in total. The summed E-state index contributed by atoms with van der Waals surface area (Å²) in [5, 5.41) is 4.49. The third-order valence-electron chi connectivity index (χ3n) is 3.17. The number of halogens is 1. The molecule has 2 aromatic rings. The molecule has 0 unspecified atom stereocenters. The second-order valence-corrected chi connectivity index (χ2v) is 5.80. The normalized spacial score (nSPS) is 11.0. The van der Waals surface area contributed by atoms with E-state index >= 15 is 0 Å². The molecule has 0 aliphatic heterocycles. The molecule has 0 saturated carbocycles. The third kappa shape index (κ3) is 5.75. The molecule has 0 radical (unpaired) electrons. The third-order valence-corrected chi connectivity index (χ3v) is 3.40. The summed E-state index contributed by atoms with van der Waals surface area (Å²) in [4.78, 5) is 11.7. The van der Waals surface area contributed by atoms with Gasteiger partial charge >= 0.3 is 0 Å². The minimum Gasteiger partial charge on any atom is -0.484 e. The number of nitrogens with one attached hydrogen (secondary N) is 1. The standard InChI is InChI=1S/C18H19ClN2O2/c1-13(2)15-6-8-17(9-7-15)23-12-18(22)21-20-11-14-4-3-5-16(19)10-14/h3-11,13H,12H2,1-2H3,(H,21,22)/b20-11+. The first-order valence-electron chi connectivity index (χ1n) is 7.35. The summed E-state index contributed by atoms with van der Waals surface area (Å²) in [5.41, 5.74) is 4.45. The highest BCUT2D eigenvalue weighted by Crippen LogP contribution is 2.18. The minimum atomic E-state index is -0.323. The van der Waals surface area contributed by atoms with Gasteiger partial charge in [0, 0.05) is 5.02 Å². The van der Waals surface area contributed by atoms with Crippen molar-refractivity contribution in [3.63, 3.8) is 0 Å². The van der Waals surface area contributed by atoms with Crippen LogP contribution in [0.2, 0.25) is 5.02 Å². The predicted octanol–water partition coefficient (Wildman–Crippen LogP) is 3.99. The Kier molecular flexibility index (Phi) is 6.18. The van der Waals surface area contributed by atoms with E-state index in [-0.39, 0.29) is 12.5 Å². The van der Waals surface area contributed by atoms with Gasteiger partial charge in [0.25, 0.3) is 5.91 Å². The summed E-state index contributed by atoms with van der Waals surface area (Å²) < 4.78 is 5.42. The monoisotopic (exact) mass is 330 g/mol. The Labute approximate surface area is 141 Å². The lowest BCUT2D eigenvalue weighted by Gasteiger charge is -2.08. The number of ether oxygens (including phenoxy) is 1. The molecular formula is C18H19ClN2O2. The van der Waals surface area contributed by atoms with Gasteiger partial charge in [0.05, 0.1) is 6.21 Å². The van der Waals surface area contributed by atoms with Gasteiger partial charge in [-0.05, 0) is 41.3 Å². The maximum Gasteiger partial charge on any atom is 0.277 e. The van der Waals surface area contributed by atoms with Gasteiger partial charge in [-0.3, -0.25) is 4.79 Å². The Hall–Kier alpha value is -2.33. The quantitative estimate of drug-likeness (QED) is 0.643. The lowest BCUT2D eigenvalue weighted by Crippen LogP contribution is -2.24. The minimum absolute atomic E-state index is 0.0894. The van der Waals surface area contributed by atoms with Crippen LogP contribution in [0.5, 0.6) is 5.75 Å². The van der Waals surface area contributed by atoms with Crippen LogP contribution < -0.4 is 10.2 Å². The summed E-state index contributed by atoms with van der Waals surface area (Å²) in [6.07, 6.45) is 1.53. The molecule has 0 aromatic heterocycles. The lowest BCUT2D eigenvalue weighted by atomic mass is 10.0. The second-order valence-electron chi connectivity index (χ2n) is 5.36. The van der Waals surface area contributed by atoms with Gasteiger partial charge in [0.2, 0.25) is 0 Å². The first-order valence-corrected chi connectivity index (χ1v) is 7.72. The van der Waals surface area contributed by atoms with Gasteiger partial charge in [-0.2, -0.15) is 5.10 Å². The fraction of sp³-hybridized carbons (Fsp3) is 0.222. The molecule has 1 amide bonds. The molecule has 2 aromatic carbocycles. The predicted molar refractivity (Wildman–Crippen MR) is 93.2 cm³/mol. The summed E-state index contributed by atoms with van der Waals surface area (Å²) in [6.45, 7) is 4.16. The number of amides is 1. The Balaban J connectivity index is 1.78. The van der Waals surface area contributed by atoms with E-state index in [0.717, 1.165) is 5.56 Å². The Morgan fingerprint density at radius 3 is 2.65 bits per heavy atom. The molecule has 5 heteroatoms. The van der Waals surface area contributed by atoms with E-state index in [1.165, 1.54) is 11.8 Å². The molecule has 0 bridgehead atoms. The van der Waals surface area contributed by atoms with E-state index in [1.807, 2.05) is 36.4 Å². The molecule has 0 aliphatic rings. The van der Waals surface area contributed by atoms with Crippen LogP contribution in [0.15, 0.2) is 53.6 Å². The van der Waals surface area contributed by atoms with Gasteiger partial charge in [0.15, 0.2) is 6.61 Å². The Morgan fingerprint density at radius 2 is 2.00 bits per heavy atom. The van der Waals surface area contributed by atoms with Crippen LogP contribution in [0.4, 0.5) is 0 Å². The van der Waals surface area contributed by atoms with Crippen molar-refractivity contribution in [2.45, 2.75) is 19.8 Å². The molecule has 120 valence electrons. The van der Waals surface area contributed by atoms with E-state index < -0.39 is 0 Å².